The Bertz CT molecular complexity index is 498. The van der Waals surface area contributed by atoms with E-state index in [0.29, 0.717) is 25.2 Å². The highest BCUT2D eigenvalue weighted by Gasteiger charge is 2.40. The van der Waals surface area contributed by atoms with Gasteiger partial charge in [-0.25, -0.2) is 0 Å². The van der Waals surface area contributed by atoms with Crippen LogP contribution in [-0.4, -0.2) is 53.5 Å². The molecule has 106 valence electrons. The lowest BCUT2D eigenvalue weighted by atomic mass is 9.89. The SMILES string of the molecule is O=C1COC2(CCN(C(=O)c3cccnc3)CC2)CN1. The molecule has 2 fully saturated rings. The van der Waals surface area contributed by atoms with Crippen LogP contribution in [0.1, 0.15) is 23.2 Å². The van der Waals surface area contributed by atoms with E-state index < -0.39 is 0 Å². The van der Waals surface area contributed by atoms with Crippen molar-refractivity contribution in [2.45, 2.75) is 18.4 Å². The molecule has 2 aliphatic heterocycles. The van der Waals surface area contributed by atoms with E-state index in [1.54, 1.807) is 24.5 Å². The fraction of sp³-hybridized carbons (Fsp3) is 0.500. The van der Waals surface area contributed by atoms with Crippen molar-refractivity contribution >= 4 is 11.8 Å². The number of ether oxygens (including phenoxy) is 1. The first kappa shape index (κ1) is 13.1. The monoisotopic (exact) mass is 275 g/mol. The van der Waals surface area contributed by atoms with Crippen molar-refractivity contribution in [1.29, 1.82) is 0 Å². The van der Waals surface area contributed by atoms with Gasteiger partial charge < -0.3 is 15.0 Å². The number of piperidine rings is 1. The highest BCUT2D eigenvalue weighted by molar-refractivity contribution is 5.93. The summed E-state index contributed by atoms with van der Waals surface area (Å²) in [4.78, 5) is 29.2. The van der Waals surface area contributed by atoms with Crippen LogP contribution >= 0.6 is 0 Å². The summed E-state index contributed by atoms with van der Waals surface area (Å²) in [7, 11) is 0. The predicted molar refractivity (Wildman–Crippen MR) is 71.1 cm³/mol. The number of hydrogen-bond donors (Lipinski definition) is 1. The number of aromatic nitrogens is 1. The van der Waals surface area contributed by atoms with Crippen molar-refractivity contribution in [3.05, 3.63) is 30.1 Å². The Hall–Kier alpha value is -1.95. The molecule has 2 aliphatic rings. The highest BCUT2D eigenvalue weighted by Crippen LogP contribution is 2.28. The topological polar surface area (TPSA) is 71.5 Å². The number of carbonyl (C=O) groups excluding carboxylic acids is 2. The van der Waals surface area contributed by atoms with Crippen LogP contribution in [0.4, 0.5) is 0 Å². The van der Waals surface area contributed by atoms with Crippen LogP contribution in [0.15, 0.2) is 24.5 Å². The predicted octanol–water partition coefficient (Wildman–Crippen LogP) is 0.203. The Morgan fingerprint density at radius 2 is 2.20 bits per heavy atom. The van der Waals surface area contributed by atoms with Gasteiger partial charge in [-0.1, -0.05) is 0 Å². The second-order valence-corrected chi connectivity index (χ2v) is 5.28. The zero-order chi connectivity index (χ0) is 14.0. The zero-order valence-corrected chi connectivity index (χ0v) is 11.2. The molecule has 20 heavy (non-hydrogen) atoms. The fourth-order valence-electron chi connectivity index (χ4n) is 2.69. The lowest BCUT2D eigenvalue weighted by Crippen LogP contribution is -2.58. The first-order chi connectivity index (χ1) is 9.69. The molecule has 0 aromatic carbocycles. The summed E-state index contributed by atoms with van der Waals surface area (Å²) in [5, 5.41) is 2.84. The van der Waals surface area contributed by atoms with Crippen molar-refractivity contribution in [3.63, 3.8) is 0 Å². The van der Waals surface area contributed by atoms with Gasteiger partial charge in [0, 0.05) is 32.0 Å². The van der Waals surface area contributed by atoms with E-state index in [-0.39, 0.29) is 24.0 Å². The van der Waals surface area contributed by atoms with E-state index >= 15 is 0 Å². The molecule has 0 unspecified atom stereocenters. The molecule has 2 saturated heterocycles. The van der Waals surface area contributed by atoms with Crippen molar-refractivity contribution in [2.75, 3.05) is 26.2 Å². The van der Waals surface area contributed by atoms with E-state index in [1.165, 1.54) is 0 Å². The minimum atomic E-state index is -0.292. The number of carbonyl (C=O) groups is 2. The Labute approximate surface area is 117 Å². The first-order valence-corrected chi connectivity index (χ1v) is 6.79. The zero-order valence-electron chi connectivity index (χ0n) is 11.2. The smallest absolute Gasteiger partial charge is 0.255 e. The van der Waals surface area contributed by atoms with E-state index in [1.807, 2.05) is 4.90 Å². The van der Waals surface area contributed by atoms with Gasteiger partial charge in [-0.3, -0.25) is 14.6 Å². The van der Waals surface area contributed by atoms with Crippen molar-refractivity contribution in [1.82, 2.24) is 15.2 Å². The molecule has 3 rings (SSSR count). The van der Waals surface area contributed by atoms with Gasteiger partial charge in [0.1, 0.15) is 6.61 Å². The average Bonchev–Trinajstić information content (AvgIpc) is 2.52. The molecule has 1 N–H and O–H groups in total. The third kappa shape index (κ3) is 2.51. The molecular weight excluding hydrogens is 258 g/mol. The Kier molecular flexibility index (Phi) is 3.40. The second kappa shape index (κ2) is 5.20. The van der Waals surface area contributed by atoms with Crippen LogP contribution in [0.5, 0.6) is 0 Å². The minimum Gasteiger partial charge on any atom is -0.363 e. The highest BCUT2D eigenvalue weighted by atomic mass is 16.5. The van der Waals surface area contributed by atoms with E-state index in [9.17, 15) is 9.59 Å². The molecule has 3 heterocycles. The number of morpholine rings is 1. The molecule has 0 saturated carbocycles. The summed E-state index contributed by atoms with van der Waals surface area (Å²) in [5.41, 5.74) is 0.320. The van der Waals surface area contributed by atoms with Crippen LogP contribution in [0.2, 0.25) is 0 Å². The summed E-state index contributed by atoms with van der Waals surface area (Å²) in [6.07, 6.45) is 4.74. The largest absolute Gasteiger partial charge is 0.363 e. The molecule has 6 heteroatoms. The van der Waals surface area contributed by atoms with Crippen LogP contribution in [-0.2, 0) is 9.53 Å². The molecule has 1 aromatic rings. The molecule has 0 bridgehead atoms. The van der Waals surface area contributed by atoms with Crippen LogP contribution in [0, 0.1) is 0 Å². The van der Waals surface area contributed by atoms with Crippen molar-refractivity contribution < 1.29 is 14.3 Å². The second-order valence-electron chi connectivity index (χ2n) is 5.28. The summed E-state index contributed by atoms with van der Waals surface area (Å²) >= 11 is 0. The molecule has 2 amide bonds. The molecule has 6 nitrogen and oxygen atoms in total. The van der Waals surface area contributed by atoms with Gasteiger partial charge in [-0.15, -0.1) is 0 Å². The summed E-state index contributed by atoms with van der Waals surface area (Å²) < 4.78 is 5.69. The molecule has 1 aromatic heterocycles. The fourth-order valence-corrected chi connectivity index (χ4v) is 2.69. The number of hydrogen-bond acceptors (Lipinski definition) is 4. The maximum Gasteiger partial charge on any atom is 0.255 e. The van der Waals surface area contributed by atoms with Crippen molar-refractivity contribution in [2.24, 2.45) is 0 Å². The number of rotatable bonds is 1. The number of likely N-dealkylation sites (tertiary alicyclic amines) is 1. The third-order valence-electron chi connectivity index (χ3n) is 3.99. The number of nitrogens with one attached hydrogen (secondary N) is 1. The summed E-state index contributed by atoms with van der Waals surface area (Å²) in [6.45, 7) is 1.95. The lowest BCUT2D eigenvalue weighted by molar-refractivity contribution is -0.149. The number of amides is 2. The van der Waals surface area contributed by atoms with Gasteiger partial charge >= 0.3 is 0 Å². The van der Waals surface area contributed by atoms with E-state index in [0.717, 1.165) is 12.8 Å². The molecule has 0 radical (unpaired) electrons. The van der Waals surface area contributed by atoms with Crippen LogP contribution < -0.4 is 5.32 Å². The summed E-state index contributed by atoms with van der Waals surface area (Å²) in [6, 6.07) is 3.54. The lowest BCUT2D eigenvalue weighted by Gasteiger charge is -2.43. The van der Waals surface area contributed by atoms with E-state index in [4.69, 9.17) is 4.74 Å². The van der Waals surface area contributed by atoms with Gasteiger partial charge in [0.15, 0.2) is 0 Å². The van der Waals surface area contributed by atoms with Gasteiger partial charge in [0.05, 0.1) is 11.2 Å². The minimum absolute atomic E-state index is 0.00722. The molecule has 0 aliphatic carbocycles. The quantitative estimate of drug-likeness (QED) is 0.795. The number of pyridine rings is 1. The van der Waals surface area contributed by atoms with Crippen molar-refractivity contribution in [3.8, 4) is 0 Å². The van der Waals surface area contributed by atoms with E-state index in [2.05, 4.69) is 10.3 Å². The maximum atomic E-state index is 12.3. The normalized spacial score (nSPS) is 21.6. The molecule has 0 atom stereocenters. The first-order valence-electron chi connectivity index (χ1n) is 6.79. The van der Waals surface area contributed by atoms with Gasteiger partial charge in [0.25, 0.3) is 5.91 Å². The molecular formula is C14H17N3O3. The average molecular weight is 275 g/mol. The Morgan fingerprint density at radius 3 is 2.80 bits per heavy atom. The summed E-state index contributed by atoms with van der Waals surface area (Å²) in [5.74, 6) is -0.0581. The maximum absolute atomic E-state index is 12.3. The molecule has 1 spiro atoms. The standard InChI is InChI=1S/C14H17N3O3/c18-12-9-20-14(10-16-12)3-6-17(7-4-14)13(19)11-2-1-5-15-8-11/h1-2,5,8H,3-4,6-7,9-10H2,(H,16,18). The third-order valence-corrected chi connectivity index (χ3v) is 3.99. The van der Waals surface area contributed by atoms with Gasteiger partial charge in [0.2, 0.25) is 5.91 Å². The van der Waals surface area contributed by atoms with Crippen LogP contribution in [0.25, 0.3) is 0 Å². The Balaban J connectivity index is 1.61. The van der Waals surface area contributed by atoms with Crippen LogP contribution in [0.3, 0.4) is 0 Å². The van der Waals surface area contributed by atoms with Gasteiger partial charge in [-0.2, -0.15) is 0 Å². The Morgan fingerprint density at radius 1 is 1.40 bits per heavy atom. The number of nitrogens with zero attached hydrogens (tertiary/aromatic N) is 2. The van der Waals surface area contributed by atoms with Gasteiger partial charge in [-0.05, 0) is 25.0 Å².